The first-order valence-corrected chi connectivity index (χ1v) is 16.7. The zero-order valence-corrected chi connectivity index (χ0v) is 27.7. The lowest BCUT2D eigenvalue weighted by atomic mass is 9.98. The van der Waals surface area contributed by atoms with Crippen LogP contribution in [0, 0.1) is 5.82 Å². The molecule has 0 aliphatic carbocycles. The van der Waals surface area contributed by atoms with Gasteiger partial charge in [0.25, 0.3) is 0 Å². The van der Waals surface area contributed by atoms with Crippen LogP contribution in [0.5, 0.6) is 0 Å². The van der Waals surface area contributed by atoms with Gasteiger partial charge in [-0.15, -0.1) is 0 Å². The average molecular weight is 653 g/mol. The first kappa shape index (κ1) is 34.7. The molecular formula is C39H45FN4O4. The van der Waals surface area contributed by atoms with Gasteiger partial charge < -0.3 is 25.2 Å². The first-order chi connectivity index (χ1) is 23.3. The fraction of sp³-hybridized carbons (Fsp3) is 0.359. The first-order valence-electron chi connectivity index (χ1n) is 16.7. The van der Waals surface area contributed by atoms with E-state index in [-0.39, 0.29) is 49.0 Å². The number of nitrogens with one attached hydrogen (secondary N) is 2. The van der Waals surface area contributed by atoms with Crippen molar-refractivity contribution in [3.05, 3.63) is 120 Å². The Morgan fingerprint density at radius 2 is 1.52 bits per heavy atom. The van der Waals surface area contributed by atoms with Gasteiger partial charge in [-0.2, -0.15) is 0 Å². The van der Waals surface area contributed by atoms with Gasteiger partial charge in [0.2, 0.25) is 17.7 Å². The lowest BCUT2D eigenvalue weighted by Crippen LogP contribution is -2.56. The van der Waals surface area contributed by atoms with Crippen LogP contribution >= 0.6 is 0 Å². The second-order valence-electron chi connectivity index (χ2n) is 12.5. The van der Waals surface area contributed by atoms with Crippen LogP contribution in [0.25, 0.3) is 10.8 Å². The highest BCUT2D eigenvalue weighted by Gasteiger charge is 2.35. The molecule has 1 fully saturated rings. The molecule has 1 aliphatic rings. The number of ether oxygens (including phenoxy) is 1. The molecule has 3 amide bonds. The molecule has 5 rings (SSSR count). The number of hydrogen-bond donors (Lipinski definition) is 2. The van der Waals surface area contributed by atoms with Crippen LogP contribution in [0.1, 0.15) is 29.5 Å². The summed E-state index contributed by atoms with van der Waals surface area (Å²) in [6, 6.07) is 28.2. The van der Waals surface area contributed by atoms with Gasteiger partial charge in [-0.05, 0) is 65.4 Å². The van der Waals surface area contributed by atoms with E-state index in [4.69, 9.17) is 4.74 Å². The molecule has 9 heteroatoms. The van der Waals surface area contributed by atoms with Crippen molar-refractivity contribution in [1.29, 1.82) is 0 Å². The largest absolute Gasteiger partial charge is 0.370 e. The van der Waals surface area contributed by atoms with Gasteiger partial charge in [0.1, 0.15) is 24.5 Å². The zero-order valence-electron chi connectivity index (χ0n) is 27.7. The van der Waals surface area contributed by atoms with Crippen molar-refractivity contribution in [2.75, 3.05) is 40.4 Å². The molecule has 1 heterocycles. The van der Waals surface area contributed by atoms with E-state index in [1.54, 1.807) is 26.2 Å². The standard InChI is InChI=1S/C39H45FN4O4/c1-43(37(45)27-48-26-34-13-8-21-41-34)36(25-30-14-17-31-11-6-7-12-32(31)23-30)39(47)44(2)35(24-29-15-18-33(40)19-16-29)38(46)42-22-20-28-9-4-3-5-10-28/h3-7,9-12,14-19,23,34-36,41H,8,13,20-22,24-27H2,1-2H3,(H,42,46)/t34-,35+,36+/m0/s1. The number of amides is 3. The van der Waals surface area contributed by atoms with E-state index in [0.717, 1.165) is 41.3 Å². The monoisotopic (exact) mass is 652 g/mol. The molecule has 48 heavy (non-hydrogen) atoms. The minimum atomic E-state index is -0.898. The zero-order chi connectivity index (χ0) is 33.9. The Balaban J connectivity index is 1.36. The van der Waals surface area contributed by atoms with Gasteiger partial charge in [0.05, 0.1) is 6.61 Å². The third-order valence-corrected chi connectivity index (χ3v) is 9.11. The summed E-state index contributed by atoms with van der Waals surface area (Å²) >= 11 is 0. The number of fused-ring (bicyclic) bond motifs is 1. The van der Waals surface area contributed by atoms with Crippen molar-refractivity contribution < 1.29 is 23.5 Å². The normalized spacial score (nSPS) is 15.5. The SMILES string of the molecule is CN(C(=O)COC[C@@H]1CCCN1)[C@H](Cc1ccc2ccccc2c1)C(=O)N(C)[C@H](Cc1ccc(F)cc1)C(=O)NCCc1ccccc1. The summed E-state index contributed by atoms with van der Waals surface area (Å²) in [4.78, 5) is 44.6. The Hall–Kier alpha value is -4.60. The van der Waals surface area contributed by atoms with E-state index in [1.807, 2.05) is 72.8 Å². The summed E-state index contributed by atoms with van der Waals surface area (Å²) in [6.07, 6.45) is 3.14. The predicted molar refractivity (Wildman–Crippen MR) is 186 cm³/mol. The van der Waals surface area contributed by atoms with E-state index in [2.05, 4.69) is 10.6 Å². The number of nitrogens with zero attached hydrogens (tertiary/aromatic N) is 2. The van der Waals surface area contributed by atoms with Crippen molar-refractivity contribution in [1.82, 2.24) is 20.4 Å². The smallest absolute Gasteiger partial charge is 0.249 e. The van der Waals surface area contributed by atoms with Gasteiger partial charge in [0.15, 0.2) is 0 Å². The Bertz CT molecular complexity index is 1660. The van der Waals surface area contributed by atoms with Gasteiger partial charge in [-0.25, -0.2) is 4.39 Å². The fourth-order valence-electron chi connectivity index (χ4n) is 6.17. The highest BCUT2D eigenvalue weighted by Crippen LogP contribution is 2.20. The second kappa shape index (κ2) is 17.0. The molecule has 0 radical (unpaired) electrons. The summed E-state index contributed by atoms with van der Waals surface area (Å²) in [7, 11) is 3.22. The lowest BCUT2D eigenvalue weighted by Gasteiger charge is -2.34. The van der Waals surface area contributed by atoms with Crippen molar-refractivity contribution in [2.24, 2.45) is 0 Å². The third-order valence-electron chi connectivity index (χ3n) is 9.11. The van der Waals surface area contributed by atoms with Gasteiger partial charge in [-0.3, -0.25) is 14.4 Å². The molecule has 2 N–H and O–H groups in total. The quantitative estimate of drug-likeness (QED) is 0.197. The van der Waals surface area contributed by atoms with E-state index in [1.165, 1.54) is 21.9 Å². The molecule has 3 atom stereocenters. The number of carbonyl (C=O) groups excluding carboxylic acids is 3. The fourth-order valence-corrected chi connectivity index (χ4v) is 6.17. The van der Waals surface area contributed by atoms with Crippen LogP contribution in [0.4, 0.5) is 4.39 Å². The highest BCUT2D eigenvalue weighted by atomic mass is 19.1. The predicted octanol–water partition coefficient (Wildman–Crippen LogP) is 4.55. The Morgan fingerprint density at radius 3 is 2.25 bits per heavy atom. The van der Waals surface area contributed by atoms with Crippen molar-refractivity contribution in [2.45, 2.75) is 50.2 Å². The molecule has 1 aliphatic heterocycles. The molecule has 0 saturated carbocycles. The number of halogens is 1. The van der Waals surface area contributed by atoms with Crippen LogP contribution < -0.4 is 10.6 Å². The number of hydrogen-bond acceptors (Lipinski definition) is 5. The summed E-state index contributed by atoms with van der Waals surface area (Å²) < 4.78 is 19.5. The molecule has 4 aromatic rings. The van der Waals surface area contributed by atoms with Gasteiger partial charge >= 0.3 is 0 Å². The van der Waals surface area contributed by atoms with Gasteiger partial charge in [0, 0.05) is 39.5 Å². The molecule has 0 unspecified atom stereocenters. The summed E-state index contributed by atoms with van der Waals surface area (Å²) in [6.45, 7) is 1.59. The van der Waals surface area contributed by atoms with Crippen LogP contribution in [-0.2, 0) is 38.4 Å². The maximum Gasteiger partial charge on any atom is 0.249 e. The minimum Gasteiger partial charge on any atom is -0.370 e. The van der Waals surface area contributed by atoms with Crippen molar-refractivity contribution in [3.63, 3.8) is 0 Å². The van der Waals surface area contributed by atoms with Crippen molar-refractivity contribution >= 4 is 28.5 Å². The summed E-state index contributed by atoms with van der Waals surface area (Å²) in [5.41, 5.74) is 2.68. The summed E-state index contributed by atoms with van der Waals surface area (Å²) in [5, 5.41) is 8.47. The number of benzene rings is 4. The number of carbonyl (C=O) groups is 3. The average Bonchev–Trinajstić information content (AvgIpc) is 3.63. The second-order valence-corrected chi connectivity index (χ2v) is 12.5. The lowest BCUT2D eigenvalue weighted by molar-refractivity contribution is -0.149. The highest BCUT2D eigenvalue weighted by molar-refractivity contribution is 5.92. The van der Waals surface area contributed by atoms with E-state index >= 15 is 0 Å². The van der Waals surface area contributed by atoms with Crippen LogP contribution in [0.15, 0.2) is 97.1 Å². The third kappa shape index (κ3) is 9.49. The maximum absolute atomic E-state index is 14.5. The van der Waals surface area contributed by atoms with E-state index < -0.39 is 12.1 Å². The van der Waals surface area contributed by atoms with Gasteiger partial charge in [-0.1, -0.05) is 84.9 Å². The molecule has 0 spiro atoms. The molecule has 0 aromatic heterocycles. The van der Waals surface area contributed by atoms with Crippen LogP contribution in [0.2, 0.25) is 0 Å². The molecule has 8 nitrogen and oxygen atoms in total. The van der Waals surface area contributed by atoms with E-state index in [9.17, 15) is 18.8 Å². The Morgan fingerprint density at radius 1 is 0.833 bits per heavy atom. The molecule has 0 bridgehead atoms. The van der Waals surface area contributed by atoms with Crippen LogP contribution in [-0.4, -0.2) is 86.0 Å². The van der Waals surface area contributed by atoms with E-state index in [0.29, 0.717) is 25.1 Å². The molecule has 252 valence electrons. The van der Waals surface area contributed by atoms with Crippen molar-refractivity contribution in [3.8, 4) is 0 Å². The number of rotatable bonds is 15. The maximum atomic E-state index is 14.5. The van der Waals surface area contributed by atoms with Crippen LogP contribution in [0.3, 0.4) is 0 Å². The Kier molecular flexibility index (Phi) is 12.3. The minimum absolute atomic E-state index is 0.154. The Labute approximate surface area is 282 Å². The summed E-state index contributed by atoms with van der Waals surface area (Å²) in [5.74, 6) is -1.39. The molecule has 1 saturated heterocycles. The number of likely N-dealkylation sites (N-methyl/N-ethyl adjacent to an activating group) is 2. The molecular weight excluding hydrogens is 607 g/mol. The topological polar surface area (TPSA) is 91.0 Å². The molecule has 4 aromatic carbocycles.